The predicted molar refractivity (Wildman–Crippen MR) is 92.1 cm³/mol. The molecule has 2 aliphatic rings. The first-order valence-electron chi connectivity index (χ1n) is 8.86. The lowest BCUT2D eigenvalue weighted by Crippen LogP contribution is -2.47. The van der Waals surface area contributed by atoms with Crippen molar-refractivity contribution in [1.29, 1.82) is 0 Å². The highest BCUT2D eigenvalue weighted by atomic mass is 16.5. The number of hydrogen-bond acceptors (Lipinski definition) is 5. The molecule has 2 fully saturated rings. The fraction of sp³-hybridized carbons (Fsp3) is 0.526. The third-order valence-corrected chi connectivity index (χ3v) is 5.46. The van der Waals surface area contributed by atoms with Crippen molar-refractivity contribution >= 4 is 5.91 Å². The van der Waals surface area contributed by atoms with Gasteiger partial charge in [0.05, 0.1) is 12.5 Å². The number of nitrogens with zero attached hydrogens (tertiary/aromatic N) is 2. The molecule has 0 aliphatic carbocycles. The van der Waals surface area contributed by atoms with Crippen molar-refractivity contribution in [1.82, 2.24) is 15.5 Å². The van der Waals surface area contributed by atoms with Crippen LogP contribution in [0.15, 0.2) is 28.8 Å². The second-order valence-electron chi connectivity index (χ2n) is 7.43. The van der Waals surface area contributed by atoms with E-state index in [0.29, 0.717) is 43.8 Å². The van der Waals surface area contributed by atoms with Crippen LogP contribution in [0.1, 0.15) is 50.0 Å². The summed E-state index contributed by atoms with van der Waals surface area (Å²) in [6.45, 7) is 6.12. The van der Waals surface area contributed by atoms with Crippen LogP contribution in [0.5, 0.6) is 0 Å². The SMILES string of the molecule is CC(C)c1ccc(-c2noc(C3CNC(=O)CC34CCOC4)n2)cc1. The van der Waals surface area contributed by atoms with E-state index in [1.165, 1.54) is 5.56 Å². The van der Waals surface area contributed by atoms with Gasteiger partial charge < -0.3 is 14.6 Å². The molecule has 0 bridgehead atoms. The van der Waals surface area contributed by atoms with Gasteiger partial charge in [-0.25, -0.2) is 0 Å². The molecule has 2 saturated heterocycles. The summed E-state index contributed by atoms with van der Waals surface area (Å²) < 4.78 is 11.2. The Bertz CT molecular complexity index is 760. The first-order valence-corrected chi connectivity index (χ1v) is 8.86. The highest BCUT2D eigenvalue weighted by Crippen LogP contribution is 2.46. The number of nitrogens with one attached hydrogen (secondary N) is 1. The Morgan fingerprint density at radius 3 is 2.76 bits per heavy atom. The Kier molecular flexibility index (Phi) is 4.07. The summed E-state index contributed by atoms with van der Waals surface area (Å²) in [6, 6.07) is 8.26. The van der Waals surface area contributed by atoms with E-state index >= 15 is 0 Å². The lowest BCUT2D eigenvalue weighted by molar-refractivity contribution is -0.126. The van der Waals surface area contributed by atoms with E-state index in [0.717, 1.165) is 12.0 Å². The third kappa shape index (κ3) is 2.95. The molecule has 2 aliphatic heterocycles. The highest BCUT2D eigenvalue weighted by Gasteiger charge is 2.49. The van der Waals surface area contributed by atoms with Crippen LogP contribution in [0, 0.1) is 5.41 Å². The lowest BCUT2D eigenvalue weighted by atomic mass is 9.70. The summed E-state index contributed by atoms with van der Waals surface area (Å²) in [5.41, 5.74) is 2.01. The van der Waals surface area contributed by atoms with Gasteiger partial charge in [0.15, 0.2) is 0 Å². The zero-order chi connectivity index (χ0) is 17.4. The van der Waals surface area contributed by atoms with Gasteiger partial charge in [-0.3, -0.25) is 4.79 Å². The number of piperidine rings is 1. The van der Waals surface area contributed by atoms with Gasteiger partial charge in [-0.1, -0.05) is 43.3 Å². The fourth-order valence-electron chi connectivity index (χ4n) is 3.84. The molecule has 2 unspecified atom stereocenters. The van der Waals surface area contributed by atoms with Gasteiger partial charge >= 0.3 is 0 Å². The standard InChI is InChI=1S/C19H23N3O3/c1-12(2)13-3-5-14(6-4-13)17-21-18(25-22-17)15-10-20-16(23)9-19(15)7-8-24-11-19/h3-6,12,15H,7-11H2,1-2H3,(H,20,23). The zero-order valence-electron chi connectivity index (χ0n) is 14.6. The van der Waals surface area contributed by atoms with Crippen LogP contribution in [0.4, 0.5) is 0 Å². The van der Waals surface area contributed by atoms with Crippen molar-refractivity contribution in [3.05, 3.63) is 35.7 Å². The maximum atomic E-state index is 11.9. The molecule has 2 atom stereocenters. The van der Waals surface area contributed by atoms with Gasteiger partial charge in [-0.05, 0) is 17.9 Å². The summed E-state index contributed by atoms with van der Waals surface area (Å²) in [6.07, 6.45) is 1.31. The van der Waals surface area contributed by atoms with Gasteiger partial charge in [0, 0.05) is 30.6 Å². The van der Waals surface area contributed by atoms with Crippen molar-refractivity contribution in [3.63, 3.8) is 0 Å². The summed E-state index contributed by atoms with van der Waals surface area (Å²) in [5, 5.41) is 7.10. The molecule has 1 N–H and O–H groups in total. The van der Waals surface area contributed by atoms with Crippen molar-refractivity contribution in [3.8, 4) is 11.4 Å². The van der Waals surface area contributed by atoms with Crippen molar-refractivity contribution in [2.75, 3.05) is 19.8 Å². The van der Waals surface area contributed by atoms with Gasteiger partial charge in [0.2, 0.25) is 17.6 Å². The Labute approximate surface area is 147 Å². The topological polar surface area (TPSA) is 77.2 Å². The van der Waals surface area contributed by atoms with E-state index in [1.807, 2.05) is 12.1 Å². The largest absolute Gasteiger partial charge is 0.381 e. The molecule has 25 heavy (non-hydrogen) atoms. The van der Waals surface area contributed by atoms with Crippen molar-refractivity contribution in [2.24, 2.45) is 5.41 Å². The molecule has 1 aromatic heterocycles. The molecule has 6 heteroatoms. The van der Waals surface area contributed by atoms with Crippen molar-refractivity contribution < 1.29 is 14.1 Å². The minimum Gasteiger partial charge on any atom is -0.381 e. The molecular weight excluding hydrogens is 318 g/mol. The van der Waals surface area contributed by atoms with E-state index < -0.39 is 0 Å². The van der Waals surface area contributed by atoms with Crippen LogP contribution in [-0.4, -0.2) is 35.8 Å². The van der Waals surface area contributed by atoms with E-state index in [1.54, 1.807) is 0 Å². The van der Waals surface area contributed by atoms with Gasteiger partial charge in [-0.2, -0.15) is 4.98 Å². The summed E-state index contributed by atoms with van der Waals surface area (Å²) in [5.74, 6) is 1.75. The van der Waals surface area contributed by atoms with E-state index in [9.17, 15) is 4.79 Å². The first kappa shape index (κ1) is 16.3. The van der Waals surface area contributed by atoms with Gasteiger partial charge in [0.25, 0.3) is 0 Å². The van der Waals surface area contributed by atoms with E-state index in [2.05, 4.69) is 41.4 Å². The molecule has 132 valence electrons. The number of amides is 1. The van der Waals surface area contributed by atoms with Gasteiger partial charge in [-0.15, -0.1) is 0 Å². The molecular formula is C19H23N3O3. The second kappa shape index (κ2) is 6.26. The fourth-order valence-corrected chi connectivity index (χ4v) is 3.84. The van der Waals surface area contributed by atoms with E-state index in [-0.39, 0.29) is 17.2 Å². The Hall–Kier alpha value is -2.21. The van der Waals surface area contributed by atoms with Crippen LogP contribution in [-0.2, 0) is 9.53 Å². The molecule has 0 radical (unpaired) electrons. The molecule has 6 nitrogen and oxygen atoms in total. The molecule has 1 spiro atoms. The Morgan fingerprint density at radius 2 is 2.08 bits per heavy atom. The number of ether oxygens (including phenoxy) is 1. The van der Waals surface area contributed by atoms with Crippen LogP contribution >= 0.6 is 0 Å². The summed E-state index contributed by atoms with van der Waals surface area (Å²) >= 11 is 0. The molecule has 1 amide bonds. The maximum absolute atomic E-state index is 11.9. The monoisotopic (exact) mass is 341 g/mol. The highest BCUT2D eigenvalue weighted by molar-refractivity contribution is 5.78. The quantitative estimate of drug-likeness (QED) is 0.929. The number of carbonyl (C=O) groups is 1. The average molecular weight is 341 g/mol. The molecule has 3 heterocycles. The number of benzene rings is 1. The van der Waals surface area contributed by atoms with Crippen LogP contribution in [0.25, 0.3) is 11.4 Å². The number of aromatic nitrogens is 2. The molecule has 0 saturated carbocycles. The van der Waals surface area contributed by atoms with Gasteiger partial charge in [0.1, 0.15) is 0 Å². The smallest absolute Gasteiger partial charge is 0.232 e. The third-order valence-electron chi connectivity index (χ3n) is 5.46. The number of rotatable bonds is 3. The van der Waals surface area contributed by atoms with E-state index in [4.69, 9.17) is 9.26 Å². The maximum Gasteiger partial charge on any atom is 0.232 e. The summed E-state index contributed by atoms with van der Waals surface area (Å²) in [7, 11) is 0. The molecule has 1 aromatic carbocycles. The van der Waals surface area contributed by atoms with Crippen LogP contribution in [0.3, 0.4) is 0 Å². The Balaban J connectivity index is 1.61. The minimum absolute atomic E-state index is 0.00360. The van der Waals surface area contributed by atoms with Crippen LogP contribution < -0.4 is 5.32 Å². The van der Waals surface area contributed by atoms with Crippen molar-refractivity contribution in [2.45, 2.75) is 38.5 Å². The molecule has 4 rings (SSSR count). The Morgan fingerprint density at radius 1 is 1.28 bits per heavy atom. The van der Waals surface area contributed by atoms with Crippen LogP contribution in [0.2, 0.25) is 0 Å². The zero-order valence-corrected chi connectivity index (χ0v) is 14.6. The predicted octanol–water partition coefficient (Wildman–Crippen LogP) is 2.87. The lowest BCUT2D eigenvalue weighted by Gasteiger charge is -2.37. The first-order chi connectivity index (χ1) is 12.1. The number of carbonyl (C=O) groups excluding carboxylic acids is 1. The number of hydrogen-bond donors (Lipinski definition) is 1. The second-order valence-corrected chi connectivity index (χ2v) is 7.43. The average Bonchev–Trinajstić information content (AvgIpc) is 3.25. The normalized spacial score (nSPS) is 26.4. The summed E-state index contributed by atoms with van der Waals surface area (Å²) in [4.78, 5) is 16.5. The minimum atomic E-state index is -0.215. The molecule has 2 aromatic rings.